The van der Waals surface area contributed by atoms with Crippen molar-refractivity contribution in [1.29, 1.82) is 0 Å². The van der Waals surface area contributed by atoms with E-state index in [0.29, 0.717) is 5.82 Å². The molecule has 0 unspecified atom stereocenters. The van der Waals surface area contributed by atoms with E-state index in [1.165, 1.54) is 6.07 Å². The summed E-state index contributed by atoms with van der Waals surface area (Å²) in [4.78, 5) is 16.8. The summed E-state index contributed by atoms with van der Waals surface area (Å²) in [5.74, 6) is -0.0758. The maximum Gasteiger partial charge on any atom is 0.339 e. The predicted molar refractivity (Wildman–Crippen MR) is 109 cm³/mol. The van der Waals surface area contributed by atoms with E-state index < -0.39 is 5.97 Å². The maximum absolute atomic E-state index is 11.5. The number of rotatable bonds is 5. The van der Waals surface area contributed by atoms with Crippen molar-refractivity contribution in [2.45, 2.75) is 31.1 Å². The zero-order valence-electron chi connectivity index (χ0n) is 15.7. The summed E-state index contributed by atoms with van der Waals surface area (Å²) in [5, 5.41) is 17.4. The molecule has 0 aliphatic rings. The van der Waals surface area contributed by atoms with E-state index in [9.17, 15) is 9.90 Å². The van der Waals surface area contributed by atoms with Crippen LogP contribution < -0.4 is 5.32 Å². The Morgan fingerprint density at radius 1 is 1.19 bits per heavy atom. The van der Waals surface area contributed by atoms with Crippen LogP contribution in [0.4, 0.5) is 11.6 Å². The van der Waals surface area contributed by atoms with E-state index in [2.05, 4.69) is 31.1 Å². The molecule has 0 amide bonds. The van der Waals surface area contributed by atoms with Crippen LogP contribution in [0.25, 0.3) is 5.69 Å². The van der Waals surface area contributed by atoms with E-state index in [4.69, 9.17) is 5.10 Å². The number of benzene rings is 1. The van der Waals surface area contributed by atoms with E-state index in [-0.39, 0.29) is 16.8 Å². The molecule has 7 heteroatoms. The summed E-state index contributed by atoms with van der Waals surface area (Å²) in [5.41, 5.74) is 1.78. The zero-order valence-corrected chi connectivity index (χ0v) is 16.5. The molecule has 0 aliphatic heterocycles. The van der Waals surface area contributed by atoms with Crippen molar-refractivity contribution in [1.82, 2.24) is 14.8 Å². The fourth-order valence-electron chi connectivity index (χ4n) is 2.62. The van der Waals surface area contributed by atoms with E-state index in [1.807, 2.05) is 41.3 Å². The van der Waals surface area contributed by atoms with Gasteiger partial charge in [0, 0.05) is 22.6 Å². The highest BCUT2D eigenvalue weighted by atomic mass is 32.2. The number of aromatic carboxylic acids is 1. The van der Waals surface area contributed by atoms with E-state index >= 15 is 0 Å². The molecule has 0 aliphatic carbocycles. The molecule has 0 radical (unpaired) electrons. The summed E-state index contributed by atoms with van der Waals surface area (Å²) in [6.45, 7) is 6.27. The summed E-state index contributed by atoms with van der Waals surface area (Å²) < 4.78 is 1.81. The number of anilines is 2. The third-order valence-electron chi connectivity index (χ3n) is 4.08. The topological polar surface area (TPSA) is 80.0 Å². The van der Waals surface area contributed by atoms with E-state index in [1.54, 1.807) is 24.0 Å². The fraction of sp³-hybridized carbons (Fsp3) is 0.250. The summed E-state index contributed by atoms with van der Waals surface area (Å²) >= 11 is 1.63. The first-order chi connectivity index (χ1) is 12.8. The van der Waals surface area contributed by atoms with Gasteiger partial charge < -0.3 is 10.4 Å². The van der Waals surface area contributed by atoms with Gasteiger partial charge in [-0.05, 0) is 30.5 Å². The van der Waals surface area contributed by atoms with Crippen LogP contribution in [-0.2, 0) is 5.41 Å². The molecule has 3 aromatic rings. The second-order valence-corrected chi connectivity index (χ2v) is 7.93. The Morgan fingerprint density at radius 3 is 2.59 bits per heavy atom. The van der Waals surface area contributed by atoms with Gasteiger partial charge in [0.25, 0.3) is 0 Å². The van der Waals surface area contributed by atoms with Crippen molar-refractivity contribution >= 4 is 29.4 Å². The second-order valence-electron chi connectivity index (χ2n) is 7.08. The van der Waals surface area contributed by atoms with Crippen molar-refractivity contribution in [3.05, 3.63) is 59.9 Å². The second kappa shape index (κ2) is 7.44. The number of para-hydroxylation sites is 1. The van der Waals surface area contributed by atoms with Crippen molar-refractivity contribution < 1.29 is 9.90 Å². The van der Waals surface area contributed by atoms with E-state index in [0.717, 1.165) is 16.3 Å². The number of hydrogen-bond donors (Lipinski definition) is 2. The van der Waals surface area contributed by atoms with Crippen molar-refractivity contribution in [3.8, 4) is 5.69 Å². The summed E-state index contributed by atoms with van der Waals surface area (Å²) in [6.07, 6.45) is 3.58. The number of nitrogens with zero attached hydrogens (tertiary/aromatic N) is 3. The molecule has 27 heavy (non-hydrogen) atoms. The zero-order chi connectivity index (χ0) is 19.6. The molecule has 0 atom stereocenters. The lowest BCUT2D eigenvalue weighted by atomic mass is 9.92. The van der Waals surface area contributed by atoms with Gasteiger partial charge in [-0.1, -0.05) is 32.9 Å². The van der Waals surface area contributed by atoms with Gasteiger partial charge in [0.1, 0.15) is 17.2 Å². The van der Waals surface area contributed by atoms with Crippen LogP contribution in [-0.4, -0.2) is 32.1 Å². The van der Waals surface area contributed by atoms with Gasteiger partial charge in [-0.25, -0.2) is 14.5 Å². The molecule has 0 saturated carbocycles. The largest absolute Gasteiger partial charge is 0.478 e. The van der Waals surface area contributed by atoms with Gasteiger partial charge in [0.2, 0.25) is 0 Å². The minimum Gasteiger partial charge on any atom is -0.478 e. The maximum atomic E-state index is 11.5. The monoisotopic (exact) mass is 382 g/mol. The van der Waals surface area contributed by atoms with Gasteiger partial charge in [-0.3, -0.25) is 0 Å². The number of thioether (sulfide) groups is 1. The standard InChI is InChI=1S/C20H22N4O2S/c1-20(2,3)16-12-17(22-18-13(19(25)26)8-7-11-21-18)24(23-16)14-9-5-6-10-15(14)27-4/h5-12H,1-4H3,(H,21,22)(H,25,26). The molecule has 6 nitrogen and oxygen atoms in total. The van der Waals surface area contributed by atoms with Crippen LogP contribution in [0.3, 0.4) is 0 Å². The number of hydrogen-bond acceptors (Lipinski definition) is 5. The Morgan fingerprint density at radius 2 is 1.93 bits per heavy atom. The summed E-state index contributed by atoms with van der Waals surface area (Å²) in [6, 6.07) is 13.0. The number of carboxylic acid groups (broad SMARTS) is 1. The lowest BCUT2D eigenvalue weighted by Gasteiger charge is -2.14. The van der Waals surface area contributed by atoms with Gasteiger partial charge in [-0.15, -0.1) is 11.8 Å². The average Bonchev–Trinajstić information content (AvgIpc) is 3.06. The number of carboxylic acids is 1. The number of carbonyl (C=O) groups is 1. The Hall–Kier alpha value is -2.80. The fourth-order valence-corrected chi connectivity index (χ4v) is 3.20. The number of nitrogens with one attached hydrogen (secondary N) is 1. The molecule has 0 fully saturated rings. The molecule has 0 spiro atoms. The normalized spacial score (nSPS) is 11.4. The van der Waals surface area contributed by atoms with Gasteiger partial charge >= 0.3 is 5.97 Å². The Balaban J connectivity index is 2.15. The molecule has 0 bridgehead atoms. The number of aromatic nitrogens is 3. The molecular formula is C20H22N4O2S. The molecule has 2 N–H and O–H groups in total. The molecule has 3 rings (SSSR count). The third-order valence-corrected chi connectivity index (χ3v) is 4.86. The average molecular weight is 382 g/mol. The van der Waals surface area contributed by atoms with Crippen molar-refractivity contribution in [2.75, 3.05) is 11.6 Å². The van der Waals surface area contributed by atoms with Crippen LogP contribution in [0.5, 0.6) is 0 Å². The van der Waals surface area contributed by atoms with Crippen LogP contribution in [0, 0.1) is 0 Å². The van der Waals surface area contributed by atoms with Crippen LogP contribution in [0.15, 0.2) is 53.6 Å². The predicted octanol–water partition coefficient (Wildman–Crippen LogP) is 4.73. The van der Waals surface area contributed by atoms with Gasteiger partial charge in [-0.2, -0.15) is 5.10 Å². The Labute approximate surface area is 162 Å². The number of pyridine rings is 1. The highest BCUT2D eigenvalue weighted by Crippen LogP contribution is 2.31. The molecule has 1 aromatic carbocycles. The minimum absolute atomic E-state index is 0.112. The third kappa shape index (κ3) is 3.98. The molecule has 2 heterocycles. The molecular weight excluding hydrogens is 360 g/mol. The lowest BCUT2D eigenvalue weighted by molar-refractivity contribution is 0.0697. The molecule has 2 aromatic heterocycles. The van der Waals surface area contributed by atoms with Crippen LogP contribution in [0.1, 0.15) is 36.8 Å². The first kappa shape index (κ1) is 19.0. The SMILES string of the molecule is CSc1ccccc1-n1nc(C(C)(C)C)cc1Nc1ncccc1C(=O)O. The smallest absolute Gasteiger partial charge is 0.339 e. The quantitative estimate of drug-likeness (QED) is 0.621. The Kier molecular flexibility index (Phi) is 5.23. The Bertz CT molecular complexity index is 976. The molecule has 0 saturated heterocycles. The highest BCUT2D eigenvalue weighted by molar-refractivity contribution is 7.98. The van der Waals surface area contributed by atoms with Crippen molar-refractivity contribution in [3.63, 3.8) is 0 Å². The highest BCUT2D eigenvalue weighted by Gasteiger charge is 2.22. The lowest BCUT2D eigenvalue weighted by Crippen LogP contribution is -2.12. The summed E-state index contributed by atoms with van der Waals surface area (Å²) in [7, 11) is 0. The molecule has 140 valence electrons. The van der Waals surface area contributed by atoms with Crippen LogP contribution in [0.2, 0.25) is 0 Å². The van der Waals surface area contributed by atoms with Crippen LogP contribution >= 0.6 is 11.8 Å². The first-order valence-corrected chi connectivity index (χ1v) is 9.73. The minimum atomic E-state index is -1.03. The van der Waals surface area contributed by atoms with Gasteiger partial charge in [0.15, 0.2) is 0 Å². The van der Waals surface area contributed by atoms with Crippen molar-refractivity contribution in [2.24, 2.45) is 0 Å². The first-order valence-electron chi connectivity index (χ1n) is 8.50. The van der Waals surface area contributed by atoms with Gasteiger partial charge in [0.05, 0.1) is 11.4 Å².